The van der Waals surface area contributed by atoms with Crippen LogP contribution in [0.3, 0.4) is 0 Å². The maximum absolute atomic E-state index is 12.8. The summed E-state index contributed by atoms with van der Waals surface area (Å²) in [5.74, 6) is -0.148. The maximum Gasteiger partial charge on any atom is 0.270 e. The highest BCUT2D eigenvalue weighted by Gasteiger charge is 2.42. The van der Waals surface area contributed by atoms with Gasteiger partial charge < -0.3 is 0 Å². The highest BCUT2D eigenvalue weighted by atomic mass is 32.2. The molecule has 8 nitrogen and oxygen atoms in total. The molecule has 27 heavy (non-hydrogen) atoms. The predicted molar refractivity (Wildman–Crippen MR) is 100 cm³/mol. The van der Waals surface area contributed by atoms with E-state index in [0.29, 0.717) is 12.2 Å². The second-order valence-corrected chi connectivity index (χ2v) is 8.50. The van der Waals surface area contributed by atoms with E-state index in [1.807, 2.05) is 37.3 Å². The van der Waals surface area contributed by atoms with Crippen LogP contribution in [-0.4, -0.2) is 44.1 Å². The number of sulfonamides is 1. The van der Waals surface area contributed by atoms with Gasteiger partial charge in [0.25, 0.3) is 15.9 Å². The lowest BCUT2D eigenvalue weighted by Crippen LogP contribution is -2.30. The Bertz CT molecular complexity index is 1110. The zero-order chi connectivity index (χ0) is 19.0. The summed E-state index contributed by atoms with van der Waals surface area (Å²) in [4.78, 5) is 12.8. The molecule has 1 aromatic heterocycles. The molecule has 0 N–H and O–H groups in total. The van der Waals surface area contributed by atoms with E-state index in [0.717, 1.165) is 27.4 Å². The molecule has 0 bridgehead atoms. The van der Waals surface area contributed by atoms with E-state index < -0.39 is 15.9 Å². The molecule has 10 heteroatoms. The van der Waals surface area contributed by atoms with Crippen LogP contribution >= 0.6 is 11.9 Å². The second kappa shape index (κ2) is 6.78. The van der Waals surface area contributed by atoms with Crippen LogP contribution in [0.4, 0.5) is 0 Å². The molecule has 0 atom stereocenters. The summed E-state index contributed by atoms with van der Waals surface area (Å²) in [6.07, 6.45) is 0.580. The summed E-state index contributed by atoms with van der Waals surface area (Å²) in [7, 11) is -3.88. The van der Waals surface area contributed by atoms with E-state index in [2.05, 4.69) is 15.5 Å². The summed E-state index contributed by atoms with van der Waals surface area (Å²) in [5, 5.41) is 11.5. The minimum atomic E-state index is -3.88. The largest absolute Gasteiger partial charge is 0.270 e. The van der Waals surface area contributed by atoms with Gasteiger partial charge in [0.15, 0.2) is 5.82 Å². The summed E-state index contributed by atoms with van der Waals surface area (Å²) in [5.41, 5.74) is 1.78. The van der Waals surface area contributed by atoms with Crippen molar-refractivity contribution in [2.75, 3.05) is 5.88 Å². The van der Waals surface area contributed by atoms with Crippen LogP contribution in [-0.2, 0) is 16.4 Å². The number of nitrogens with zero attached hydrogens (tertiary/aromatic N) is 5. The number of aromatic nitrogens is 4. The molecule has 1 aliphatic heterocycles. The van der Waals surface area contributed by atoms with Crippen molar-refractivity contribution in [2.24, 2.45) is 0 Å². The van der Waals surface area contributed by atoms with E-state index >= 15 is 0 Å². The van der Waals surface area contributed by atoms with Crippen molar-refractivity contribution in [2.45, 2.75) is 18.2 Å². The number of benzene rings is 2. The number of tetrazole rings is 1. The van der Waals surface area contributed by atoms with Crippen molar-refractivity contribution in [3.8, 4) is 11.4 Å². The van der Waals surface area contributed by atoms with Crippen molar-refractivity contribution in [1.82, 2.24) is 23.9 Å². The normalized spacial score (nSPS) is 15.1. The fraction of sp³-hybridized carbons (Fsp3) is 0.176. The number of aryl methyl sites for hydroxylation is 1. The molecule has 4 rings (SSSR count). The highest BCUT2D eigenvalue weighted by Crippen LogP contribution is 2.34. The minimum absolute atomic E-state index is 0.0625. The van der Waals surface area contributed by atoms with Crippen LogP contribution in [0.15, 0.2) is 53.4 Å². The van der Waals surface area contributed by atoms with Gasteiger partial charge in [-0.05, 0) is 28.5 Å². The summed E-state index contributed by atoms with van der Waals surface area (Å²) in [6, 6.07) is 14.2. The van der Waals surface area contributed by atoms with Gasteiger partial charge in [-0.25, -0.2) is 12.7 Å². The molecule has 0 radical (unpaired) electrons. The molecule has 0 saturated heterocycles. The quantitative estimate of drug-likeness (QED) is 0.646. The molecule has 0 unspecified atom stereocenters. The van der Waals surface area contributed by atoms with E-state index in [1.165, 1.54) is 10.2 Å². The Balaban J connectivity index is 1.62. The summed E-state index contributed by atoms with van der Waals surface area (Å²) in [6.45, 7) is 1.89. The van der Waals surface area contributed by atoms with Crippen molar-refractivity contribution in [1.29, 1.82) is 0 Å². The van der Waals surface area contributed by atoms with Crippen molar-refractivity contribution >= 4 is 27.9 Å². The van der Waals surface area contributed by atoms with Gasteiger partial charge in [-0.3, -0.25) is 4.79 Å². The first kappa shape index (κ1) is 17.7. The predicted octanol–water partition coefficient (Wildman–Crippen LogP) is 2.20. The Morgan fingerprint density at radius 2 is 1.85 bits per heavy atom. The Kier molecular flexibility index (Phi) is 4.44. The standard InChI is InChI=1S/C17H15N5O3S2/c1-2-12-9-6-10-14-15(12)17(23)21(27(14,24)25)11-26-22-16(18-19-20-22)13-7-4-3-5-8-13/h3-10H,2,11H2,1H3. The van der Waals surface area contributed by atoms with Gasteiger partial charge in [0.1, 0.15) is 10.8 Å². The molecule has 1 amide bonds. The zero-order valence-corrected chi connectivity index (χ0v) is 15.9. The van der Waals surface area contributed by atoms with Crippen molar-refractivity contribution in [3.05, 3.63) is 59.7 Å². The lowest BCUT2D eigenvalue weighted by Gasteiger charge is -2.14. The van der Waals surface area contributed by atoms with Gasteiger partial charge in [0.05, 0.1) is 5.56 Å². The number of amides is 1. The number of carbonyl (C=O) groups excluding carboxylic acids is 1. The first-order chi connectivity index (χ1) is 13.0. The van der Waals surface area contributed by atoms with Crippen molar-refractivity contribution in [3.63, 3.8) is 0 Å². The monoisotopic (exact) mass is 401 g/mol. The topological polar surface area (TPSA) is 98.1 Å². The number of hydrogen-bond acceptors (Lipinski definition) is 7. The lowest BCUT2D eigenvalue weighted by atomic mass is 10.0. The van der Waals surface area contributed by atoms with Gasteiger partial charge >= 0.3 is 0 Å². The Morgan fingerprint density at radius 1 is 1.07 bits per heavy atom. The SMILES string of the molecule is CCc1cccc2c1C(=O)N(CSn1nnnc1-c1ccccc1)S2(=O)=O. The van der Waals surface area contributed by atoms with E-state index in [9.17, 15) is 13.2 Å². The molecule has 0 aliphatic carbocycles. The van der Waals surface area contributed by atoms with Gasteiger partial charge in [0, 0.05) is 17.5 Å². The Morgan fingerprint density at radius 3 is 2.59 bits per heavy atom. The van der Waals surface area contributed by atoms with Crippen LogP contribution < -0.4 is 0 Å². The number of hydrogen-bond donors (Lipinski definition) is 0. The first-order valence-corrected chi connectivity index (χ1v) is 10.6. The molecule has 0 saturated carbocycles. The molecule has 0 fully saturated rings. The van der Waals surface area contributed by atoms with E-state index in [4.69, 9.17) is 0 Å². The molecule has 2 heterocycles. The molecular weight excluding hydrogens is 386 g/mol. The molecule has 138 valence electrons. The number of carbonyl (C=O) groups is 1. The van der Waals surface area contributed by atoms with Crippen LogP contribution in [0.2, 0.25) is 0 Å². The van der Waals surface area contributed by atoms with Crippen LogP contribution in [0, 0.1) is 0 Å². The second-order valence-electron chi connectivity index (χ2n) is 5.80. The smallest absolute Gasteiger partial charge is 0.268 e. The van der Waals surface area contributed by atoms with Gasteiger partial charge in [0.2, 0.25) is 0 Å². The third kappa shape index (κ3) is 2.90. The number of fused-ring (bicyclic) bond motifs is 1. The van der Waals surface area contributed by atoms with Crippen LogP contribution in [0.1, 0.15) is 22.8 Å². The van der Waals surface area contributed by atoms with Crippen LogP contribution in [0.5, 0.6) is 0 Å². The fourth-order valence-corrected chi connectivity index (χ4v) is 5.59. The molecule has 3 aromatic rings. The van der Waals surface area contributed by atoms with Gasteiger partial charge in [-0.2, -0.15) is 4.09 Å². The zero-order valence-electron chi connectivity index (χ0n) is 14.3. The van der Waals surface area contributed by atoms with Crippen molar-refractivity contribution < 1.29 is 13.2 Å². The molecule has 0 spiro atoms. The fourth-order valence-electron chi connectivity index (χ4n) is 2.94. The summed E-state index contributed by atoms with van der Waals surface area (Å²) < 4.78 is 27.9. The Hall–Kier alpha value is -2.72. The first-order valence-electron chi connectivity index (χ1n) is 8.20. The van der Waals surface area contributed by atoms with Crippen LogP contribution in [0.25, 0.3) is 11.4 Å². The minimum Gasteiger partial charge on any atom is -0.268 e. The van der Waals surface area contributed by atoms with Gasteiger partial charge in [-0.15, -0.1) is 5.10 Å². The average Bonchev–Trinajstić information content (AvgIpc) is 3.23. The van der Waals surface area contributed by atoms with E-state index in [1.54, 1.807) is 12.1 Å². The third-order valence-corrected chi connectivity index (χ3v) is 7.07. The average molecular weight is 401 g/mol. The lowest BCUT2D eigenvalue weighted by molar-refractivity contribution is 0.0886. The third-order valence-electron chi connectivity index (χ3n) is 4.27. The summed E-state index contributed by atoms with van der Waals surface area (Å²) >= 11 is 1.04. The van der Waals surface area contributed by atoms with E-state index in [-0.39, 0.29) is 16.3 Å². The maximum atomic E-state index is 12.8. The molecular formula is C17H15N5O3S2. The molecule has 1 aliphatic rings. The number of rotatable bonds is 5. The van der Waals surface area contributed by atoms with Gasteiger partial charge in [-0.1, -0.05) is 49.4 Å². The Labute approximate surface area is 160 Å². The molecule has 2 aromatic carbocycles. The highest BCUT2D eigenvalue weighted by molar-refractivity contribution is 7.99.